The lowest BCUT2D eigenvalue weighted by Crippen LogP contribution is -2.41. The van der Waals surface area contributed by atoms with E-state index in [2.05, 4.69) is 74.5 Å². The summed E-state index contributed by atoms with van der Waals surface area (Å²) in [5.41, 5.74) is 0. The minimum Gasteiger partial charge on any atom is -0.239 e. The molecule has 0 amide bonds. The van der Waals surface area contributed by atoms with Gasteiger partial charge in [0.15, 0.2) is 0 Å². The molecule has 0 saturated carbocycles. The van der Waals surface area contributed by atoms with Gasteiger partial charge in [-0.15, -0.1) is 0 Å². The molecule has 7 heteroatoms. The second-order valence-corrected chi connectivity index (χ2v) is 20.2. The maximum Gasteiger partial charge on any atom is 0.0190 e. The van der Waals surface area contributed by atoms with E-state index in [0.717, 1.165) is 0 Å². The molecule has 0 aromatic rings. The zero-order valence-corrected chi connectivity index (χ0v) is 15.3. The largest absolute Gasteiger partial charge is 0.239 e. The van der Waals surface area contributed by atoms with Crippen molar-refractivity contribution in [3.63, 3.8) is 0 Å². The van der Waals surface area contributed by atoms with E-state index in [1.54, 1.807) is 0 Å². The van der Waals surface area contributed by atoms with Crippen LogP contribution in [-0.4, -0.2) is 57.8 Å². The van der Waals surface area contributed by atoms with Crippen molar-refractivity contribution in [1.82, 2.24) is 8.61 Å². The van der Waals surface area contributed by atoms with Gasteiger partial charge in [0.1, 0.15) is 0 Å². The van der Waals surface area contributed by atoms with Crippen LogP contribution >= 0.6 is 70.7 Å². The second-order valence-electron chi connectivity index (χ2n) is 3.50. The monoisotopic (exact) mass is 490 g/mol. The molecule has 2 fully saturated rings. The van der Waals surface area contributed by atoms with E-state index in [-0.39, 0.29) is 0 Å². The average Bonchev–Trinajstić information content (AvgIpc) is 2.31. The number of nitrogens with zero attached hydrogens (tertiary/aromatic N) is 2. The molecule has 2 heterocycles. The van der Waals surface area contributed by atoms with Crippen LogP contribution in [0.3, 0.4) is 0 Å². The summed E-state index contributed by atoms with van der Waals surface area (Å²) in [5, 5.41) is 0. The first-order valence-electron chi connectivity index (χ1n) is 5.09. The van der Waals surface area contributed by atoms with Gasteiger partial charge in [0.25, 0.3) is 0 Å². The van der Waals surface area contributed by atoms with Crippen molar-refractivity contribution < 1.29 is 0 Å². The smallest absolute Gasteiger partial charge is 0.0190 e. The highest BCUT2D eigenvalue weighted by Gasteiger charge is 2.34. The molecule has 0 N–H and O–H groups in total. The van der Waals surface area contributed by atoms with Gasteiger partial charge in [-0.1, -0.05) is 0 Å². The Hall–Kier alpha value is 2.43. The molecule has 2 aliphatic rings. The Balaban J connectivity index is 1.96. The third-order valence-corrected chi connectivity index (χ3v) is 13.1. The first-order chi connectivity index (χ1) is 7.21. The van der Waals surface area contributed by atoms with Crippen LogP contribution in [-0.2, 0) is 0 Å². The Bertz CT molecular complexity index is 186. The van der Waals surface area contributed by atoms with Crippen LogP contribution in [0.4, 0.5) is 0 Å². The summed E-state index contributed by atoms with van der Waals surface area (Å²) < 4.78 is 4.74. The lowest BCUT2D eigenvalue weighted by Gasteiger charge is -2.49. The van der Waals surface area contributed by atoms with E-state index in [9.17, 15) is 0 Å². The molecule has 0 bridgehead atoms. The third kappa shape index (κ3) is 3.69. The molecule has 15 heavy (non-hydrogen) atoms. The Morgan fingerprint density at radius 1 is 0.733 bits per heavy atom. The molecule has 0 spiro atoms. The summed E-state index contributed by atoms with van der Waals surface area (Å²) in [6, 6.07) is 0. The topological polar surface area (TPSA) is 6.48 Å². The van der Waals surface area contributed by atoms with Gasteiger partial charge >= 0.3 is 0 Å². The maximum absolute atomic E-state index is 2.72. The van der Waals surface area contributed by atoms with Crippen LogP contribution in [0.5, 0.6) is 0 Å². The standard InChI is InChI=1S/C8H16I2N2S3/c9-15(10,11-1-5-13-6-2-11)12-3-7-14-8-4-12/h1-8H2. The van der Waals surface area contributed by atoms with Crippen molar-refractivity contribution in [2.24, 2.45) is 0 Å². The number of hydrogen-bond donors (Lipinski definition) is 0. The maximum atomic E-state index is 2.72. The highest BCUT2D eigenvalue weighted by Crippen LogP contribution is 2.69. The fraction of sp³-hybridized carbons (Fsp3) is 1.00. The molecule has 0 radical (unpaired) electrons. The van der Waals surface area contributed by atoms with Crippen molar-refractivity contribution in [1.29, 1.82) is 0 Å². The van der Waals surface area contributed by atoms with Crippen molar-refractivity contribution >= 4 is 70.7 Å². The molecule has 2 nitrogen and oxygen atoms in total. The summed E-state index contributed by atoms with van der Waals surface area (Å²) in [6.07, 6.45) is 0. The Morgan fingerprint density at radius 3 is 1.40 bits per heavy atom. The zero-order chi connectivity index (χ0) is 10.7. The van der Waals surface area contributed by atoms with Gasteiger partial charge in [-0.25, -0.2) is 8.61 Å². The number of halogens is 2. The van der Waals surface area contributed by atoms with Gasteiger partial charge in [-0.3, -0.25) is 0 Å². The van der Waals surface area contributed by atoms with E-state index >= 15 is 0 Å². The zero-order valence-electron chi connectivity index (χ0n) is 8.53. The molecule has 2 aliphatic heterocycles. The van der Waals surface area contributed by atoms with Gasteiger partial charge < -0.3 is 0 Å². The third-order valence-electron chi connectivity index (χ3n) is 2.56. The lowest BCUT2D eigenvalue weighted by molar-refractivity contribution is 0.449. The predicted octanol–water partition coefficient (Wildman–Crippen LogP) is 3.42. The summed E-state index contributed by atoms with van der Waals surface area (Å²) in [6.45, 7) is 5.15. The fourth-order valence-corrected chi connectivity index (χ4v) is 10.3. The number of thioether (sulfide) groups is 2. The first-order valence-corrected chi connectivity index (χ1v) is 14.0. The average molecular weight is 490 g/mol. The van der Waals surface area contributed by atoms with Crippen molar-refractivity contribution in [3.8, 4) is 0 Å². The van der Waals surface area contributed by atoms with Crippen molar-refractivity contribution in [2.45, 2.75) is 0 Å². The van der Waals surface area contributed by atoms with Crippen LogP contribution in [0.2, 0.25) is 0 Å². The molecular weight excluding hydrogens is 474 g/mol. The van der Waals surface area contributed by atoms with Gasteiger partial charge in [-0.05, 0) is 4.74 Å². The summed E-state index contributed by atoms with van der Waals surface area (Å²) >= 11 is 9.64. The minimum absolute atomic E-state index is 0.705. The molecule has 0 atom stereocenters. The number of rotatable bonds is 2. The van der Waals surface area contributed by atoms with Crippen LogP contribution in [0.15, 0.2) is 0 Å². The normalized spacial score (nSPS) is 27.9. The molecule has 0 unspecified atom stereocenters. The van der Waals surface area contributed by atoms with Gasteiger partial charge in [-0.2, -0.15) is 23.5 Å². The Morgan fingerprint density at radius 2 is 1.07 bits per heavy atom. The molecule has 0 aliphatic carbocycles. The predicted molar refractivity (Wildman–Crippen MR) is 93.4 cm³/mol. The van der Waals surface area contributed by atoms with Crippen LogP contribution in [0.1, 0.15) is 0 Å². The quantitative estimate of drug-likeness (QED) is 0.548. The van der Waals surface area contributed by atoms with E-state index in [1.807, 2.05) is 0 Å². The molecular formula is C8H16I2N2S3. The summed E-state index contributed by atoms with van der Waals surface area (Å²) in [4.78, 5) is 0. The van der Waals surface area contributed by atoms with E-state index in [1.165, 1.54) is 49.2 Å². The minimum atomic E-state index is -0.705. The highest BCUT2D eigenvalue weighted by molar-refractivity contribution is 14.3. The summed E-state index contributed by atoms with van der Waals surface area (Å²) in [5.74, 6) is 5.29. The van der Waals surface area contributed by atoms with E-state index in [0.29, 0.717) is 0 Å². The molecule has 2 saturated heterocycles. The van der Waals surface area contributed by atoms with Crippen LogP contribution in [0.25, 0.3) is 0 Å². The van der Waals surface area contributed by atoms with Gasteiger partial charge in [0.05, 0.1) is 0 Å². The Labute approximate surface area is 127 Å². The molecule has 0 aromatic carbocycles. The van der Waals surface area contributed by atoms with Crippen molar-refractivity contribution in [3.05, 3.63) is 0 Å². The van der Waals surface area contributed by atoms with Crippen LogP contribution < -0.4 is 0 Å². The molecule has 0 aromatic heterocycles. The van der Waals surface area contributed by atoms with Gasteiger partial charge in [0, 0.05) is 91.6 Å². The first kappa shape index (κ1) is 13.9. The Kier molecular flexibility index (Phi) is 6.05. The fourth-order valence-electron chi connectivity index (χ4n) is 1.70. The second kappa shape index (κ2) is 6.55. The van der Waals surface area contributed by atoms with Gasteiger partial charge in [0.2, 0.25) is 0 Å². The molecule has 2 rings (SSSR count). The summed E-state index contributed by atoms with van der Waals surface area (Å²) in [7, 11) is 0. The van der Waals surface area contributed by atoms with E-state index < -0.39 is 4.74 Å². The number of hydrogen-bond acceptors (Lipinski definition) is 4. The molecule has 90 valence electrons. The highest BCUT2D eigenvalue weighted by atomic mass is 127. The SMILES string of the molecule is IS(I)(N1CCSCC1)N1CCSCC1. The van der Waals surface area contributed by atoms with Crippen LogP contribution in [0, 0.1) is 0 Å². The lowest BCUT2D eigenvalue weighted by atomic mass is 10.6. The van der Waals surface area contributed by atoms with E-state index in [4.69, 9.17) is 0 Å². The van der Waals surface area contributed by atoms with Crippen molar-refractivity contribution in [2.75, 3.05) is 49.2 Å².